The number of Topliss-reactive ketones (excluding diaryl/α,β-unsaturated/α-hetero) is 1. The number of benzene rings is 1. The van der Waals surface area contributed by atoms with Crippen LogP contribution in [-0.4, -0.2) is 71.6 Å². The maximum Gasteiger partial charge on any atom is 0.254 e. The van der Waals surface area contributed by atoms with E-state index in [1.807, 2.05) is 11.0 Å². The van der Waals surface area contributed by atoms with Crippen LogP contribution in [0.3, 0.4) is 0 Å². The molecule has 4 aliphatic rings. The second-order valence-electron chi connectivity index (χ2n) is 8.51. The molecule has 7 heteroatoms. The Morgan fingerprint density at radius 2 is 1.96 bits per heavy atom. The number of carbonyl (C=O) groups excluding carboxylic acids is 3. The molecular weight excluding hydrogens is 356 g/mol. The molecule has 4 unspecified atom stereocenters. The first kappa shape index (κ1) is 18.0. The van der Waals surface area contributed by atoms with E-state index in [1.165, 1.54) is 12.0 Å². The largest absolute Gasteiger partial charge is 0.330 e. The topological polar surface area (TPSA) is 81.8 Å². The summed E-state index contributed by atoms with van der Waals surface area (Å²) >= 11 is 0. The Labute approximate surface area is 164 Å². The Morgan fingerprint density at radius 3 is 2.64 bits per heavy atom. The number of ketones is 1. The predicted molar refractivity (Wildman–Crippen MR) is 103 cm³/mol. The van der Waals surface area contributed by atoms with E-state index in [0.717, 1.165) is 37.2 Å². The highest BCUT2D eigenvalue weighted by molar-refractivity contribution is 6.27. The first-order valence-electron chi connectivity index (χ1n) is 10.3. The Bertz CT molecular complexity index is 804. The molecule has 3 saturated heterocycles. The van der Waals surface area contributed by atoms with Crippen molar-refractivity contribution in [3.05, 3.63) is 34.9 Å². The molecule has 4 atom stereocenters. The lowest BCUT2D eigenvalue weighted by Gasteiger charge is -2.53. The number of piperazine rings is 1. The zero-order chi connectivity index (χ0) is 19.3. The van der Waals surface area contributed by atoms with E-state index in [-0.39, 0.29) is 11.9 Å². The molecule has 1 aromatic rings. The third kappa shape index (κ3) is 2.98. The van der Waals surface area contributed by atoms with Crippen molar-refractivity contribution in [2.24, 2.45) is 0 Å². The van der Waals surface area contributed by atoms with Crippen LogP contribution in [0.1, 0.15) is 40.7 Å². The zero-order valence-electron chi connectivity index (χ0n) is 15.9. The van der Waals surface area contributed by atoms with Crippen LogP contribution >= 0.6 is 0 Å². The molecule has 0 spiro atoms. The minimum Gasteiger partial charge on any atom is -0.330 e. The van der Waals surface area contributed by atoms with E-state index in [4.69, 9.17) is 0 Å². The molecule has 7 nitrogen and oxygen atoms in total. The van der Waals surface area contributed by atoms with Crippen LogP contribution in [0.25, 0.3) is 0 Å². The van der Waals surface area contributed by atoms with Gasteiger partial charge in [0.1, 0.15) is 0 Å². The number of nitrogens with zero attached hydrogens (tertiary/aromatic N) is 2. The average Bonchev–Trinajstić information content (AvgIpc) is 3.08. The average molecular weight is 382 g/mol. The third-order valence-corrected chi connectivity index (χ3v) is 6.90. The highest BCUT2D eigenvalue weighted by atomic mass is 16.2. The van der Waals surface area contributed by atoms with Crippen LogP contribution in [0, 0.1) is 0 Å². The van der Waals surface area contributed by atoms with Crippen molar-refractivity contribution in [1.82, 2.24) is 20.4 Å². The van der Waals surface area contributed by atoms with Gasteiger partial charge in [0.05, 0.1) is 6.04 Å². The SMILES string of the molecule is O=CC(=O)C1CCC(N2Cc3cc(CN4C5CNCC4C5)ccc3C2=O)CN1. The number of aldehydes is 1. The molecule has 3 fully saturated rings. The fraction of sp³-hybridized carbons (Fsp3) is 0.571. The molecule has 2 bridgehead atoms. The quantitative estimate of drug-likeness (QED) is 0.554. The smallest absolute Gasteiger partial charge is 0.254 e. The van der Waals surface area contributed by atoms with Crippen molar-refractivity contribution in [3.8, 4) is 0 Å². The second-order valence-corrected chi connectivity index (χ2v) is 8.51. The summed E-state index contributed by atoms with van der Waals surface area (Å²) in [5, 5.41) is 6.60. The number of carbonyl (C=O) groups is 3. The molecule has 4 aliphatic heterocycles. The summed E-state index contributed by atoms with van der Waals surface area (Å²) in [6.45, 7) is 4.31. The van der Waals surface area contributed by atoms with Crippen LogP contribution in [-0.2, 0) is 22.7 Å². The normalized spacial score (nSPS) is 32.0. The van der Waals surface area contributed by atoms with Crippen LogP contribution in [0.2, 0.25) is 0 Å². The monoisotopic (exact) mass is 382 g/mol. The van der Waals surface area contributed by atoms with Gasteiger partial charge in [0.15, 0.2) is 6.29 Å². The second kappa shape index (κ2) is 7.06. The van der Waals surface area contributed by atoms with Gasteiger partial charge in [0, 0.05) is 56.4 Å². The summed E-state index contributed by atoms with van der Waals surface area (Å²) in [4.78, 5) is 39.6. The summed E-state index contributed by atoms with van der Waals surface area (Å²) in [5.74, 6) is -0.316. The fourth-order valence-electron chi connectivity index (χ4n) is 5.25. The summed E-state index contributed by atoms with van der Waals surface area (Å²) in [6.07, 6.45) is 3.03. The van der Waals surface area contributed by atoms with Crippen LogP contribution in [0.15, 0.2) is 18.2 Å². The van der Waals surface area contributed by atoms with Gasteiger partial charge in [-0.15, -0.1) is 0 Å². The van der Waals surface area contributed by atoms with E-state index in [2.05, 4.69) is 27.7 Å². The molecule has 5 rings (SSSR count). The lowest BCUT2D eigenvalue weighted by Crippen LogP contribution is -2.67. The number of hydrogen-bond acceptors (Lipinski definition) is 6. The zero-order valence-corrected chi connectivity index (χ0v) is 15.9. The molecular formula is C21H26N4O3. The molecule has 1 aromatic carbocycles. The number of amides is 1. The summed E-state index contributed by atoms with van der Waals surface area (Å²) in [5.41, 5.74) is 3.20. The van der Waals surface area contributed by atoms with E-state index in [0.29, 0.717) is 37.9 Å². The fourth-order valence-corrected chi connectivity index (χ4v) is 5.25. The molecule has 148 valence electrons. The first-order valence-corrected chi connectivity index (χ1v) is 10.3. The van der Waals surface area contributed by atoms with E-state index < -0.39 is 11.8 Å². The Hall–Kier alpha value is -2.09. The van der Waals surface area contributed by atoms with Gasteiger partial charge < -0.3 is 15.5 Å². The van der Waals surface area contributed by atoms with Crippen molar-refractivity contribution in [2.45, 2.75) is 56.5 Å². The minimum absolute atomic E-state index is 0.0693. The summed E-state index contributed by atoms with van der Waals surface area (Å²) in [7, 11) is 0. The Balaban J connectivity index is 1.24. The lowest BCUT2D eigenvalue weighted by atomic mass is 9.88. The van der Waals surface area contributed by atoms with Gasteiger partial charge in [0.25, 0.3) is 5.91 Å². The molecule has 1 amide bonds. The van der Waals surface area contributed by atoms with Gasteiger partial charge in [-0.05, 0) is 36.5 Å². The molecule has 0 saturated carbocycles. The molecule has 0 aromatic heterocycles. The van der Waals surface area contributed by atoms with Crippen molar-refractivity contribution in [2.75, 3.05) is 19.6 Å². The summed E-state index contributed by atoms with van der Waals surface area (Å²) in [6, 6.07) is 7.26. The highest BCUT2D eigenvalue weighted by Crippen LogP contribution is 2.32. The van der Waals surface area contributed by atoms with Crippen molar-refractivity contribution in [1.29, 1.82) is 0 Å². The lowest BCUT2D eigenvalue weighted by molar-refractivity contribution is -0.131. The van der Waals surface area contributed by atoms with Crippen LogP contribution in [0.4, 0.5) is 0 Å². The van der Waals surface area contributed by atoms with Crippen molar-refractivity contribution >= 4 is 18.0 Å². The maximum absolute atomic E-state index is 12.9. The number of hydrogen-bond donors (Lipinski definition) is 2. The standard InChI is InChI=1S/C21H26N4O3/c26-12-20(27)19-4-2-15(9-23-19)25-11-14-5-13(1-3-18(14)21(25)28)10-24-16-6-17(24)8-22-7-16/h1,3,5,12,15-17,19,22-23H,2,4,6-11H2. The molecule has 2 N–H and O–H groups in total. The van der Waals surface area contributed by atoms with Gasteiger partial charge in [0.2, 0.25) is 5.78 Å². The summed E-state index contributed by atoms with van der Waals surface area (Å²) < 4.78 is 0. The van der Waals surface area contributed by atoms with Gasteiger partial charge in [-0.3, -0.25) is 19.3 Å². The number of rotatable bonds is 5. The predicted octanol–water partition coefficient (Wildman–Crippen LogP) is 0.0771. The van der Waals surface area contributed by atoms with Crippen molar-refractivity contribution < 1.29 is 14.4 Å². The van der Waals surface area contributed by atoms with Crippen molar-refractivity contribution in [3.63, 3.8) is 0 Å². The number of piperidine rings is 2. The van der Waals surface area contributed by atoms with Gasteiger partial charge in [-0.25, -0.2) is 0 Å². The molecule has 28 heavy (non-hydrogen) atoms. The first-order chi connectivity index (χ1) is 13.6. The van der Waals surface area contributed by atoms with Gasteiger partial charge >= 0.3 is 0 Å². The van der Waals surface area contributed by atoms with Crippen LogP contribution in [0.5, 0.6) is 0 Å². The molecule has 0 aliphatic carbocycles. The third-order valence-electron chi connectivity index (χ3n) is 6.90. The number of nitrogens with one attached hydrogen (secondary N) is 2. The minimum atomic E-state index is -0.398. The maximum atomic E-state index is 12.9. The van der Waals surface area contributed by atoms with Crippen LogP contribution < -0.4 is 10.6 Å². The molecule has 4 heterocycles. The number of fused-ring (bicyclic) bond motifs is 3. The molecule has 0 radical (unpaired) electrons. The van der Waals surface area contributed by atoms with E-state index in [9.17, 15) is 14.4 Å². The van der Waals surface area contributed by atoms with E-state index in [1.54, 1.807) is 0 Å². The highest BCUT2D eigenvalue weighted by Gasteiger charge is 2.41. The van der Waals surface area contributed by atoms with E-state index >= 15 is 0 Å². The Kier molecular flexibility index (Phi) is 4.53. The Morgan fingerprint density at radius 1 is 1.14 bits per heavy atom. The van der Waals surface area contributed by atoms with Gasteiger partial charge in [-0.1, -0.05) is 12.1 Å². The van der Waals surface area contributed by atoms with Gasteiger partial charge in [-0.2, -0.15) is 0 Å².